The second-order valence-electron chi connectivity index (χ2n) is 3.17. The number of nitrogens with zero attached hydrogens (tertiary/aromatic N) is 2. The maximum Gasteiger partial charge on any atom is 0.155 e. The van der Waals surface area contributed by atoms with Crippen LogP contribution in [0.15, 0.2) is 18.3 Å². The van der Waals surface area contributed by atoms with E-state index >= 15 is 0 Å². The largest absolute Gasteiger partial charge is 0.261 e. The number of fused-ring (bicyclic) bond motifs is 1. The molecule has 68 valence electrons. The summed E-state index contributed by atoms with van der Waals surface area (Å²) >= 11 is 0. The molecule has 3 nitrogen and oxygen atoms in total. The van der Waals surface area contributed by atoms with Crippen LogP contribution in [0.5, 0.6) is 0 Å². The molecule has 1 N–H and O–H groups in total. The van der Waals surface area contributed by atoms with E-state index in [1.165, 1.54) is 12.8 Å². The highest BCUT2D eigenvalue weighted by Crippen LogP contribution is 2.14. The lowest BCUT2D eigenvalue weighted by atomic mass is 10.1. The molecule has 0 radical (unpaired) electrons. The number of hydrogen-bond donors (Lipinski definition) is 1. The summed E-state index contributed by atoms with van der Waals surface area (Å²) < 4.78 is 0. The topological polar surface area (TPSA) is 41.6 Å². The Labute approximate surface area is 77.2 Å². The lowest BCUT2D eigenvalue weighted by Crippen LogP contribution is -1.85. The second kappa shape index (κ2) is 3.56. The van der Waals surface area contributed by atoms with Crippen molar-refractivity contribution < 1.29 is 0 Å². The van der Waals surface area contributed by atoms with Crippen LogP contribution >= 0.6 is 0 Å². The minimum Gasteiger partial charge on any atom is -0.261 e. The third kappa shape index (κ3) is 1.54. The van der Waals surface area contributed by atoms with Crippen molar-refractivity contribution in [1.29, 1.82) is 0 Å². The first kappa shape index (κ1) is 8.23. The Morgan fingerprint density at radius 1 is 1.46 bits per heavy atom. The predicted octanol–water partition coefficient (Wildman–Crippen LogP) is 2.30. The maximum absolute atomic E-state index is 4.25. The normalized spacial score (nSPS) is 10.8. The summed E-state index contributed by atoms with van der Waals surface area (Å²) in [5.74, 6) is 0. The summed E-state index contributed by atoms with van der Waals surface area (Å²) in [7, 11) is 0. The molecule has 0 aliphatic rings. The summed E-state index contributed by atoms with van der Waals surface area (Å²) in [5.41, 5.74) is 2.04. The van der Waals surface area contributed by atoms with Crippen LogP contribution in [-0.2, 0) is 6.42 Å². The fourth-order valence-corrected chi connectivity index (χ4v) is 1.44. The van der Waals surface area contributed by atoms with Crippen LogP contribution in [0, 0.1) is 0 Å². The molecule has 0 amide bonds. The van der Waals surface area contributed by atoms with Gasteiger partial charge in [0, 0.05) is 11.6 Å². The van der Waals surface area contributed by atoms with Crippen LogP contribution in [0.4, 0.5) is 0 Å². The quantitative estimate of drug-likeness (QED) is 0.777. The molecule has 0 bridgehead atoms. The van der Waals surface area contributed by atoms with Crippen molar-refractivity contribution in [1.82, 2.24) is 15.2 Å². The van der Waals surface area contributed by atoms with Gasteiger partial charge in [-0.2, -0.15) is 5.10 Å². The SMILES string of the molecule is CCCCc1n[nH]c2ncccc12. The van der Waals surface area contributed by atoms with E-state index in [9.17, 15) is 0 Å². The Bertz CT molecular complexity index is 392. The second-order valence-corrected chi connectivity index (χ2v) is 3.17. The molecule has 0 saturated heterocycles. The first-order valence-electron chi connectivity index (χ1n) is 4.70. The van der Waals surface area contributed by atoms with Gasteiger partial charge in [-0.05, 0) is 25.0 Å². The van der Waals surface area contributed by atoms with E-state index in [1.54, 1.807) is 6.20 Å². The van der Waals surface area contributed by atoms with Crippen molar-refractivity contribution in [3.05, 3.63) is 24.0 Å². The molecular weight excluding hydrogens is 162 g/mol. The highest BCUT2D eigenvalue weighted by Gasteiger charge is 2.03. The summed E-state index contributed by atoms with van der Waals surface area (Å²) in [6.07, 6.45) is 5.22. The number of aromatic nitrogens is 3. The fraction of sp³-hybridized carbons (Fsp3) is 0.400. The van der Waals surface area contributed by atoms with Crippen LogP contribution in [0.25, 0.3) is 11.0 Å². The van der Waals surface area contributed by atoms with Crippen molar-refractivity contribution in [3.63, 3.8) is 0 Å². The smallest absolute Gasteiger partial charge is 0.155 e. The van der Waals surface area contributed by atoms with Gasteiger partial charge in [-0.15, -0.1) is 0 Å². The average Bonchev–Trinajstić information content (AvgIpc) is 2.58. The van der Waals surface area contributed by atoms with Gasteiger partial charge in [0.2, 0.25) is 0 Å². The Morgan fingerprint density at radius 2 is 2.38 bits per heavy atom. The number of H-pyrrole nitrogens is 1. The first-order chi connectivity index (χ1) is 6.42. The summed E-state index contributed by atoms with van der Waals surface area (Å²) in [5, 5.41) is 8.34. The maximum atomic E-state index is 4.25. The van der Waals surface area contributed by atoms with E-state index in [1.807, 2.05) is 6.07 Å². The van der Waals surface area contributed by atoms with E-state index in [2.05, 4.69) is 28.2 Å². The molecule has 0 aliphatic heterocycles. The molecule has 2 aromatic rings. The molecule has 0 atom stereocenters. The fourth-order valence-electron chi connectivity index (χ4n) is 1.44. The van der Waals surface area contributed by atoms with Crippen molar-refractivity contribution in [2.24, 2.45) is 0 Å². The van der Waals surface area contributed by atoms with Gasteiger partial charge in [0.25, 0.3) is 0 Å². The number of aryl methyl sites for hydroxylation is 1. The highest BCUT2D eigenvalue weighted by atomic mass is 15.1. The molecule has 0 unspecified atom stereocenters. The van der Waals surface area contributed by atoms with Gasteiger partial charge in [-0.25, -0.2) is 4.98 Å². The van der Waals surface area contributed by atoms with Crippen LogP contribution in [0.1, 0.15) is 25.5 Å². The average molecular weight is 175 g/mol. The number of aromatic amines is 1. The van der Waals surface area contributed by atoms with Crippen molar-refractivity contribution in [2.75, 3.05) is 0 Å². The minimum absolute atomic E-state index is 0.897. The number of pyridine rings is 1. The molecule has 0 aliphatic carbocycles. The van der Waals surface area contributed by atoms with Gasteiger partial charge >= 0.3 is 0 Å². The molecule has 2 aromatic heterocycles. The van der Waals surface area contributed by atoms with Crippen LogP contribution in [0.2, 0.25) is 0 Å². The molecule has 0 aromatic carbocycles. The standard InChI is InChI=1S/C10H13N3/c1-2-3-6-9-8-5-4-7-11-10(8)13-12-9/h4-5,7H,2-3,6H2,1H3,(H,11,12,13). The molecule has 3 heteroatoms. The molecule has 0 fully saturated rings. The number of unbranched alkanes of at least 4 members (excludes halogenated alkanes) is 1. The Kier molecular flexibility index (Phi) is 2.25. The zero-order valence-corrected chi connectivity index (χ0v) is 7.75. The third-order valence-electron chi connectivity index (χ3n) is 2.18. The van der Waals surface area contributed by atoms with E-state index in [0.717, 1.165) is 23.1 Å². The van der Waals surface area contributed by atoms with Gasteiger partial charge in [-0.1, -0.05) is 13.3 Å². The van der Waals surface area contributed by atoms with Crippen LogP contribution in [-0.4, -0.2) is 15.2 Å². The minimum atomic E-state index is 0.897. The third-order valence-corrected chi connectivity index (χ3v) is 2.18. The molecule has 13 heavy (non-hydrogen) atoms. The molecular formula is C10H13N3. The van der Waals surface area contributed by atoms with Crippen LogP contribution < -0.4 is 0 Å². The zero-order chi connectivity index (χ0) is 9.10. The molecule has 2 heterocycles. The van der Waals surface area contributed by atoms with E-state index in [0.29, 0.717) is 0 Å². The monoisotopic (exact) mass is 175 g/mol. The summed E-state index contributed by atoms with van der Waals surface area (Å²) in [6.45, 7) is 2.19. The number of rotatable bonds is 3. The van der Waals surface area contributed by atoms with E-state index in [-0.39, 0.29) is 0 Å². The van der Waals surface area contributed by atoms with Gasteiger partial charge < -0.3 is 0 Å². The van der Waals surface area contributed by atoms with Crippen LogP contribution in [0.3, 0.4) is 0 Å². The van der Waals surface area contributed by atoms with Gasteiger partial charge in [-0.3, -0.25) is 5.10 Å². The van der Waals surface area contributed by atoms with E-state index in [4.69, 9.17) is 0 Å². The molecule has 0 saturated carbocycles. The predicted molar refractivity (Wildman–Crippen MR) is 52.5 cm³/mol. The molecule has 2 rings (SSSR count). The highest BCUT2D eigenvalue weighted by molar-refractivity contribution is 5.77. The van der Waals surface area contributed by atoms with E-state index < -0.39 is 0 Å². The van der Waals surface area contributed by atoms with Gasteiger partial charge in [0.05, 0.1) is 5.69 Å². The number of nitrogens with one attached hydrogen (secondary N) is 1. The Hall–Kier alpha value is -1.38. The summed E-state index contributed by atoms with van der Waals surface area (Å²) in [4.78, 5) is 4.19. The summed E-state index contributed by atoms with van der Waals surface area (Å²) in [6, 6.07) is 4.02. The molecule has 0 spiro atoms. The Morgan fingerprint density at radius 3 is 3.23 bits per heavy atom. The van der Waals surface area contributed by atoms with Crippen molar-refractivity contribution >= 4 is 11.0 Å². The van der Waals surface area contributed by atoms with Crippen molar-refractivity contribution in [3.8, 4) is 0 Å². The van der Waals surface area contributed by atoms with Gasteiger partial charge in [0.1, 0.15) is 0 Å². The lowest BCUT2D eigenvalue weighted by molar-refractivity contribution is 0.775. The zero-order valence-electron chi connectivity index (χ0n) is 7.75. The lowest BCUT2D eigenvalue weighted by Gasteiger charge is -1.93. The van der Waals surface area contributed by atoms with Crippen molar-refractivity contribution in [2.45, 2.75) is 26.2 Å². The van der Waals surface area contributed by atoms with Gasteiger partial charge in [0.15, 0.2) is 5.65 Å². The first-order valence-corrected chi connectivity index (χ1v) is 4.70. The Balaban J connectivity index is 2.35. The number of hydrogen-bond acceptors (Lipinski definition) is 2.